The quantitative estimate of drug-likeness (QED) is 0.336. The lowest BCUT2D eigenvalue weighted by Crippen LogP contribution is -2.23. The highest BCUT2D eigenvalue weighted by molar-refractivity contribution is 7.79. The van der Waals surface area contributed by atoms with Crippen LogP contribution in [0.5, 0.6) is 0 Å². The largest absolute Gasteiger partial charge is 0.465 e. The summed E-state index contributed by atoms with van der Waals surface area (Å²) in [5.74, 6) is -0.307. The second-order valence-electron chi connectivity index (χ2n) is 7.00. The van der Waals surface area contributed by atoms with E-state index in [1.54, 1.807) is 0 Å². The Bertz CT molecular complexity index is 1070. The summed E-state index contributed by atoms with van der Waals surface area (Å²) in [7, 11) is 0.748. The lowest BCUT2D eigenvalue weighted by molar-refractivity contribution is 0.0600. The molecular weight excluding hydrogens is 387 g/mol. The maximum Gasteiger partial charge on any atom is 0.337 e. The molecule has 0 radical (unpaired) electrons. The Morgan fingerprint density at radius 1 is 0.700 bits per heavy atom. The first-order valence-corrected chi connectivity index (χ1v) is 11.3. The third-order valence-corrected chi connectivity index (χ3v) is 7.58. The number of carbonyl (C=O) groups excluding carboxylic acids is 1. The van der Waals surface area contributed by atoms with Crippen LogP contribution in [-0.2, 0) is 11.2 Å². The van der Waals surface area contributed by atoms with Gasteiger partial charge in [0.15, 0.2) is 0 Å². The van der Waals surface area contributed by atoms with Crippen molar-refractivity contribution in [3.8, 4) is 0 Å². The fourth-order valence-electron chi connectivity index (χ4n) is 3.56. The van der Waals surface area contributed by atoms with E-state index in [1.807, 2.05) is 24.3 Å². The summed E-state index contributed by atoms with van der Waals surface area (Å²) >= 11 is 0. The molecule has 30 heavy (non-hydrogen) atoms. The molecular formula is C27H23O2P. The van der Waals surface area contributed by atoms with Crippen LogP contribution in [-0.4, -0.2) is 13.1 Å². The van der Waals surface area contributed by atoms with Crippen molar-refractivity contribution in [2.24, 2.45) is 0 Å². The molecule has 0 aromatic heterocycles. The van der Waals surface area contributed by atoms with E-state index in [4.69, 9.17) is 4.74 Å². The zero-order valence-electron chi connectivity index (χ0n) is 16.9. The summed E-state index contributed by atoms with van der Waals surface area (Å²) in [6.07, 6.45) is 0.816. The number of esters is 1. The summed E-state index contributed by atoms with van der Waals surface area (Å²) in [6.45, 7) is 0. The number of hydrogen-bond acceptors (Lipinski definition) is 2. The van der Waals surface area contributed by atoms with E-state index in [2.05, 4.69) is 84.9 Å². The van der Waals surface area contributed by atoms with Gasteiger partial charge in [-0.3, -0.25) is 0 Å². The predicted octanol–water partition coefficient (Wildman–Crippen LogP) is 4.82. The van der Waals surface area contributed by atoms with Crippen LogP contribution in [0.25, 0.3) is 0 Å². The zero-order chi connectivity index (χ0) is 20.8. The van der Waals surface area contributed by atoms with Gasteiger partial charge in [-0.25, -0.2) is 4.79 Å². The van der Waals surface area contributed by atoms with Gasteiger partial charge in [0.05, 0.1) is 12.7 Å². The van der Waals surface area contributed by atoms with Crippen molar-refractivity contribution in [3.63, 3.8) is 0 Å². The Kier molecular flexibility index (Phi) is 6.37. The fraction of sp³-hybridized carbons (Fsp3) is 0.0741. The second kappa shape index (κ2) is 9.52. The van der Waals surface area contributed by atoms with Crippen molar-refractivity contribution in [1.29, 1.82) is 0 Å². The summed E-state index contributed by atoms with van der Waals surface area (Å²) in [6, 6.07) is 37.9. The smallest absolute Gasteiger partial charge is 0.337 e. The molecule has 148 valence electrons. The van der Waals surface area contributed by atoms with E-state index in [1.165, 1.54) is 34.2 Å². The molecule has 0 bridgehead atoms. The van der Waals surface area contributed by atoms with E-state index in [-0.39, 0.29) is 5.97 Å². The Balaban J connectivity index is 1.73. The van der Waals surface area contributed by atoms with Crippen molar-refractivity contribution >= 4 is 29.8 Å². The Hall–Kier alpha value is -3.22. The summed E-state index contributed by atoms with van der Waals surface area (Å²) < 4.78 is 4.81. The molecule has 0 amide bonds. The van der Waals surface area contributed by atoms with Gasteiger partial charge in [0, 0.05) is 0 Å². The maximum absolute atomic E-state index is 11.7. The van der Waals surface area contributed by atoms with Crippen LogP contribution < -0.4 is 15.9 Å². The average Bonchev–Trinajstić information content (AvgIpc) is 2.82. The number of carbonyl (C=O) groups is 1. The number of hydrogen-bond donors (Lipinski definition) is 0. The van der Waals surface area contributed by atoms with E-state index in [0.717, 1.165) is 6.42 Å². The summed E-state index contributed by atoms with van der Waals surface area (Å²) in [4.78, 5) is 11.7. The second-order valence-corrected chi connectivity index (χ2v) is 9.19. The van der Waals surface area contributed by atoms with Gasteiger partial charge in [0.25, 0.3) is 0 Å². The summed E-state index contributed by atoms with van der Waals surface area (Å²) in [5, 5.41) is 4.04. The van der Waals surface area contributed by atoms with Gasteiger partial charge >= 0.3 is 5.97 Å². The number of benzene rings is 4. The van der Waals surface area contributed by atoms with Gasteiger partial charge in [-0.2, -0.15) is 0 Å². The Labute approximate surface area is 178 Å². The first kappa shape index (κ1) is 20.1. The maximum atomic E-state index is 11.7. The van der Waals surface area contributed by atoms with Crippen LogP contribution in [0.3, 0.4) is 0 Å². The molecule has 0 atom stereocenters. The van der Waals surface area contributed by atoms with Gasteiger partial charge in [0.1, 0.15) is 0 Å². The minimum Gasteiger partial charge on any atom is -0.465 e. The minimum atomic E-state index is -0.656. The van der Waals surface area contributed by atoms with Gasteiger partial charge < -0.3 is 4.74 Å². The van der Waals surface area contributed by atoms with Crippen LogP contribution in [0.4, 0.5) is 0 Å². The molecule has 0 unspecified atom stereocenters. The molecule has 3 heteroatoms. The highest BCUT2D eigenvalue weighted by atomic mass is 31.1. The topological polar surface area (TPSA) is 26.3 Å². The molecule has 0 aliphatic carbocycles. The van der Waals surface area contributed by atoms with Crippen molar-refractivity contribution in [3.05, 3.63) is 126 Å². The minimum absolute atomic E-state index is 0.307. The van der Waals surface area contributed by atoms with E-state index in [0.29, 0.717) is 5.56 Å². The number of rotatable bonds is 6. The van der Waals surface area contributed by atoms with Crippen LogP contribution in [0, 0.1) is 0 Å². The van der Waals surface area contributed by atoms with Crippen molar-refractivity contribution in [2.75, 3.05) is 7.11 Å². The molecule has 0 heterocycles. The molecule has 0 fully saturated rings. The fourth-order valence-corrected chi connectivity index (χ4v) is 6.03. The highest BCUT2D eigenvalue weighted by Gasteiger charge is 2.19. The summed E-state index contributed by atoms with van der Waals surface area (Å²) in [5.41, 5.74) is 3.05. The molecule has 0 saturated carbocycles. The van der Waals surface area contributed by atoms with E-state index < -0.39 is 7.92 Å². The molecule has 4 aromatic carbocycles. The zero-order valence-corrected chi connectivity index (χ0v) is 17.8. The molecule has 0 N–H and O–H groups in total. The third-order valence-electron chi connectivity index (χ3n) is 5.03. The number of ether oxygens (including phenoxy) is 1. The van der Waals surface area contributed by atoms with Gasteiger partial charge in [-0.1, -0.05) is 97.1 Å². The van der Waals surface area contributed by atoms with Crippen LogP contribution in [0.1, 0.15) is 21.5 Å². The molecule has 4 aromatic rings. The van der Waals surface area contributed by atoms with Gasteiger partial charge in [0.2, 0.25) is 0 Å². The van der Waals surface area contributed by atoms with E-state index >= 15 is 0 Å². The monoisotopic (exact) mass is 410 g/mol. The molecule has 0 aliphatic rings. The third kappa shape index (κ3) is 4.50. The van der Waals surface area contributed by atoms with Crippen molar-refractivity contribution < 1.29 is 9.53 Å². The highest BCUT2D eigenvalue weighted by Crippen LogP contribution is 2.34. The Morgan fingerprint density at radius 2 is 1.23 bits per heavy atom. The van der Waals surface area contributed by atoms with E-state index in [9.17, 15) is 4.79 Å². The number of methoxy groups -OCH3 is 1. The molecule has 4 rings (SSSR count). The lowest BCUT2D eigenvalue weighted by Gasteiger charge is -2.22. The molecule has 0 aliphatic heterocycles. The molecule has 0 spiro atoms. The standard InChI is InChI=1S/C27H23O2P/c1-29-27(28)22-18-16-21(17-19-22)20-23-10-8-9-15-26(23)30(24-11-4-2-5-12-24)25-13-6-3-7-14-25/h2-19H,20H2,1H3. The SMILES string of the molecule is COC(=O)c1ccc(Cc2ccccc2P(c2ccccc2)c2ccccc2)cc1. The lowest BCUT2D eigenvalue weighted by atomic mass is 10.0. The average molecular weight is 410 g/mol. The van der Waals surface area contributed by atoms with Crippen molar-refractivity contribution in [1.82, 2.24) is 0 Å². The van der Waals surface area contributed by atoms with Crippen LogP contribution >= 0.6 is 7.92 Å². The van der Waals surface area contributed by atoms with Gasteiger partial charge in [-0.05, 0) is 53.5 Å². The van der Waals surface area contributed by atoms with Crippen LogP contribution in [0.15, 0.2) is 109 Å². The molecule has 0 saturated heterocycles. The predicted molar refractivity (Wildman–Crippen MR) is 126 cm³/mol. The van der Waals surface area contributed by atoms with Gasteiger partial charge in [-0.15, -0.1) is 0 Å². The first-order valence-electron chi connectivity index (χ1n) is 9.91. The van der Waals surface area contributed by atoms with Crippen LogP contribution in [0.2, 0.25) is 0 Å². The normalized spacial score (nSPS) is 10.7. The molecule has 2 nitrogen and oxygen atoms in total. The Morgan fingerprint density at radius 3 is 1.80 bits per heavy atom. The van der Waals surface area contributed by atoms with Crippen molar-refractivity contribution in [2.45, 2.75) is 6.42 Å². The first-order chi connectivity index (χ1) is 14.8.